The molecule has 8 nitrogen and oxygen atoms in total. The maximum absolute atomic E-state index is 13.6. The first-order valence-corrected chi connectivity index (χ1v) is 12.5. The largest absolute Gasteiger partial charge is 0.368 e. The van der Waals surface area contributed by atoms with Crippen molar-refractivity contribution in [2.75, 3.05) is 13.1 Å². The van der Waals surface area contributed by atoms with Gasteiger partial charge in [0, 0.05) is 12.1 Å². The number of nitrogens with one attached hydrogen (secondary N) is 1. The van der Waals surface area contributed by atoms with Crippen molar-refractivity contribution in [2.45, 2.75) is 38.8 Å². The molecule has 2 atom stereocenters. The van der Waals surface area contributed by atoms with Gasteiger partial charge in [-0.15, -0.1) is 0 Å². The number of amides is 5. The number of nitrogens with two attached hydrogens (primary N) is 1. The van der Waals surface area contributed by atoms with Crippen molar-refractivity contribution in [3.63, 3.8) is 0 Å². The monoisotopic (exact) mass is 500 g/mol. The van der Waals surface area contributed by atoms with Gasteiger partial charge in [0.25, 0.3) is 11.8 Å². The summed E-state index contributed by atoms with van der Waals surface area (Å²) in [6, 6.07) is 20.1. The van der Waals surface area contributed by atoms with Gasteiger partial charge in [-0.05, 0) is 41.2 Å². The molecule has 3 aromatic rings. The van der Waals surface area contributed by atoms with Crippen molar-refractivity contribution in [3.8, 4) is 0 Å². The normalized spacial score (nSPS) is 16.3. The Morgan fingerprint density at radius 3 is 2.35 bits per heavy atom. The molecule has 4 rings (SSSR count). The zero-order valence-electron chi connectivity index (χ0n) is 21.1. The second-order valence-corrected chi connectivity index (χ2v) is 9.67. The van der Waals surface area contributed by atoms with E-state index in [-0.39, 0.29) is 12.5 Å². The van der Waals surface area contributed by atoms with Crippen LogP contribution in [-0.4, -0.2) is 58.7 Å². The number of urea groups is 1. The van der Waals surface area contributed by atoms with Gasteiger partial charge < -0.3 is 16.0 Å². The highest BCUT2D eigenvalue weighted by molar-refractivity contribution is 6.10. The van der Waals surface area contributed by atoms with E-state index < -0.39 is 35.8 Å². The van der Waals surface area contributed by atoms with Crippen molar-refractivity contribution < 1.29 is 19.2 Å². The van der Waals surface area contributed by atoms with Gasteiger partial charge in [-0.25, -0.2) is 9.69 Å². The summed E-state index contributed by atoms with van der Waals surface area (Å²) in [5.74, 6) is -2.15. The topological polar surface area (TPSA) is 113 Å². The first kappa shape index (κ1) is 25.9. The third kappa shape index (κ3) is 5.63. The molecular formula is C29H32N4O4. The SMILES string of the molecule is CC(C)[C@H](NC(=O)c1cccc2ccccc12)C(=O)N1C(=O)N(CCCc2ccccc2)CC1C(N)=O. The Bertz CT molecular complexity index is 1300. The maximum atomic E-state index is 13.6. The molecule has 1 fully saturated rings. The number of hydrogen-bond acceptors (Lipinski definition) is 4. The number of hydrogen-bond donors (Lipinski definition) is 2. The van der Waals surface area contributed by atoms with E-state index in [9.17, 15) is 19.2 Å². The fourth-order valence-electron chi connectivity index (χ4n) is 4.73. The van der Waals surface area contributed by atoms with Gasteiger partial charge in [-0.2, -0.15) is 0 Å². The Morgan fingerprint density at radius 1 is 0.973 bits per heavy atom. The lowest BCUT2D eigenvalue weighted by Gasteiger charge is -2.28. The van der Waals surface area contributed by atoms with Crippen molar-refractivity contribution in [1.29, 1.82) is 0 Å². The smallest absolute Gasteiger partial charge is 0.327 e. The third-order valence-corrected chi connectivity index (χ3v) is 6.74. The third-order valence-electron chi connectivity index (χ3n) is 6.74. The lowest BCUT2D eigenvalue weighted by Crippen LogP contribution is -2.56. The summed E-state index contributed by atoms with van der Waals surface area (Å²) in [5, 5.41) is 4.47. The predicted molar refractivity (Wildman–Crippen MR) is 142 cm³/mol. The van der Waals surface area contributed by atoms with Crippen LogP contribution in [0.15, 0.2) is 72.8 Å². The Labute approximate surface area is 216 Å². The average Bonchev–Trinajstić information content (AvgIpc) is 3.23. The standard InChI is InChI=1S/C29H32N4O4/c1-19(2)25(31-27(35)23-16-8-14-21-13-6-7-15-22(21)23)28(36)33-24(26(30)34)18-32(29(33)37)17-9-12-20-10-4-3-5-11-20/h3-8,10-11,13-16,19,24-25H,9,12,17-18H2,1-2H3,(H2,30,34)(H,31,35)/t24?,25-/m0/s1. The van der Waals surface area contributed by atoms with E-state index in [2.05, 4.69) is 5.32 Å². The fourth-order valence-corrected chi connectivity index (χ4v) is 4.73. The van der Waals surface area contributed by atoms with Crippen LogP contribution in [0.25, 0.3) is 10.8 Å². The highest BCUT2D eigenvalue weighted by Crippen LogP contribution is 2.22. The highest BCUT2D eigenvalue weighted by atomic mass is 16.2. The molecule has 1 saturated heterocycles. The Balaban J connectivity index is 1.50. The van der Waals surface area contributed by atoms with Gasteiger partial charge in [-0.3, -0.25) is 14.4 Å². The molecule has 0 saturated carbocycles. The molecular weight excluding hydrogens is 468 g/mol. The summed E-state index contributed by atoms with van der Waals surface area (Å²) in [5.41, 5.74) is 7.17. The average molecular weight is 501 g/mol. The number of fused-ring (bicyclic) bond motifs is 1. The summed E-state index contributed by atoms with van der Waals surface area (Å²) in [6.07, 6.45) is 1.43. The first-order chi connectivity index (χ1) is 17.8. The zero-order chi connectivity index (χ0) is 26.5. The lowest BCUT2D eigenvalue weighted by atomic mass is 10.00. The molecule has 37 heavy (non-hydrogen) atoms. The van der Waals surface area contributed by atoms with Crippen molar-refractivity contribution in [3.05, 3.63) is 83.9 Å². The number of rotatable bonds is 9. The van der Waals surface area contributed by atoms with E-state index in [0.717, 1.165) is 27.7 Å². The lowest BCUT2D eigenvalue weighted by molar-refractivity contribution is -0.136. The Hall–Kier alpha value is -4.20. The number of carbonyl (C=O) groups excluding carboxylic acids is 4. The molecule has 8 heteroatoms. The quantitative estimate of drug-likeness (QED) is 0.469. The molecule has 1 heterocycles. The predicted octanol–water partition coefficient (Wildman–Crippen LogP) is 3.35. The first-order valence-electron chi connectivity index (χ1n) is 12.5. The summed E-state index contributed by atoms with van der Waals surface area (Å²) >= 11 is 0. The van der Waals surface area contributed by atoms with E-state index in [1.165, 1.54) is 4.90 Å². The van der Waals surface area contributed by atoms with Crippen LogP contribution in [0.1, 0.15) is 36.2 Å². The van der Waals surface area contributed by atoms with E-state index in [0.29, 0.717) is 18.5 Å². The molecule has 1 aliphatic heterocycles. The van der Waals surface area contributed by atoms with Crippen LogP contribution < -0.4 is 11.1 Å². The van der Waals surface area contributed by atoms with Gasteiger partial charge in [-0.1, -0.05) is 80.6 Å². The minimum atomic E-state index is -1.09. The molecule has 1 aliphatic rings. The van der Waals surface area contributed by atoms with Gasteiger partial charge in [0.1, 0.15) is 12.1 Å². The molecule has 0 aromatic heterocycles. The van der Waals surface area contributed by atoms with E-state index in [1.54, 1.807) is 26.0 Å². The maximum Gasteiger partial charge on any atom is 0.327 e. The molecule has 3 aromatic carbocycles. The van der Waals surface area contributed by atoms with Crippen LogP contribution in [0.5, 0.6) is 0 Å². The summed E-state index contributed by atoms with van der Waals surface area (Å²) in [7, 11) is 0. The zero-order valence-corrected chi connectivity index (χ0v) is 21.1. The molecule has 0 radical (unpaired) electrons. The minimum Gasteiger partial charge on any atom is -0.368 e. The van der Waals surface area contributed by atoms with Crippen LogP contribution in [0.3, 0.4) is 0 Å². The summed E-state index contributed by atoms with van der Waals surface area (Å²) in [6.45, 7) is 3.99. The van der Waals surface area contributed by atoms with Gasteiger partial charge >= 0.3 is 6.03 Å². The van der Waals surface area contributed by atoms with Gasteiger partial charge in [0.2, 0.25) is 5.91 Å². The molecule has 0 aliphatic carbocycles. The number of benzene rings is 3. The highest BCUT2D eigenvalue weighted by Gasteiger charge is 2.46. The van der Waals surface area contributed by atoms with Crippen molar-refractivity contribution >= 4 is 34.5 Å². The van der Waals surface area contributed by atoms with Crippen molar-refractivity contribution in [2.24, 2.45) is 11.7 Å². The fraction of sp³-hybridized carbons (Fsp3) is 0.310. The van der Waals surface area contributed by atoms with Crippen LogP contribution in [0.4, 0.5) is 4.79 Å². The number of primary amides is 1. The van der Waals surface area contributed by atoms with E-state index in [1.807, 2.05) is 60.7 Å². The van der Waals surface area contributed by atoms with Crippen LogP contribution in [0.2, 0.25) is 0 Å². The summed E-state index contributed by atoms with van der Waals surface area (Å²) in [4.78, 5) is 54.8. The molecule has 192 valence electrons. The second kappa shape index (κ2) is 11.2. The number of carbonyl (C=O) groups is 4. The van der Waals surface area contributed by atoms with E-state index in [4.69, 9.17) is 5.73 Å². The van der Waals surface area contributed by atoms with Crippen molar-refractivity contribution in [1.82, 2.24) is 15.1 Å². The van der Waals surface area contributed by atoms with E-state index >= 15 is 0 Å². The number of aryl methyl sites for hydroxylation is 1. The molecule has 1 unspecified atom stereocenters. The minimum absolute atomic E-state index is 0.0385. The molecule has 5 amide bonds. The number of nitrogens with zero attached hydrogens (tertiary/aromatic N) is 2. The number of imide groups is 1. The molecule has 3 N–H and O–H groups in total. The van der Waals surface area contributed by atoms with Crippen LogP contribution in [0, 0.1) is 5.92 Å². The van der Waals surface area contributed by atoms with Crippen LogP contribution in [-0.2, 0) is 16.0 Å². The molecule has 0 spiro atoms. The summed E-state index contributed by atoms with van der Waals surface area (Å²) < 4.78 is 0. The van der Waals surface area contributed by atoms with Gasteiger partial charge in [0.15, 0.2) is 0 Å². The molecule has 0 bridgehead atoms. The Morgan fingerprint density at radius 2 is 1.65 bits per heavy atom. The van der Waals surface area contributed by atoms with Crippen LogP contribution >= 0.6 is 0 Å². The second-order valence-electron chi connectivity index (χ2n) is 9.67. The van der Waals surface area contributed by atoms with Gasteiger partial charge in [0.05, 0.1) is 6.54 Å². The Kier molecular flexibility index (Phi) is 7.86.